The van der Waals surface area contributed by atoms with Crippen LogP contribution in [-0.2, 0) is 9.63 Å². The Morgan fingerprint density at radius 1 is 0.929 bits per heavy atom. The fourth-order valence-corrected chi connectivity index (χ4v) is 3.15. The minimum absolute atomic E-state index is 0.0630. The molecule has 0 aliphatic rings. The van der Waals surface area contributed by atoms with E-state index in [0.717, 1.165) is 32.1 Å². The minimum Gasteiger partial charge on any atom is -0.351 e. The first-order valence-corrected chi connectivity index (χ1v) is 11.3. The van der Waals surface area contributed by atoms with Crippen molar-refractivity contribution in [3.8, 4) is 0 Å². The number of hydrogen-bond acceptors (Lipinski definition) is 4. The molecule has 0 saturated heterocycles. The van der Waals surface area contributed by atoms with E-state index < -0.39 is 0 Å². The molecule has 1 amide bonds. The molecular weight excluding hydrogens is 350 g/mol. The maximum absolute atomic E-state index is 12.0. The summed E-state index contributed by atoms with van der Waals surface area (Å²) in [6.45, 7) is 4.53. The number of amides is 1. The van der Waals surface area contributed by atoms with E-state index in [9.17, 15) is 4.79 Å². The van der Waals surface area contributed by atoms with Gasteiger partial charge < -0.3 is 11.1 Å². The van der Waals surface area contributed by atoms with Crippen LogP contribution in [0.25, 0.3) is 0 Å². The third kappa shape index (κ3) is 15.8. The van der Waals surface area contributed by atoms with Crippen LogP contribution < -0.4 is 16.9 Å². The van der Waals surface area contributed by atoms with Crippen molar-refractivity contribution in [1.82, 2.24) is 5.32 Å². The van der Waals surface area contributed by atoms with Crippen molar-refractivity contribution in [2.75, 3.05) is 6.54 Å². The van der Waals surface area contributed by atoms with E-state index in [4.69, 9.17) is 16.5 Å². The molecule has 0 bridgehead atoms. The highest BCUT2D eigenvalue weighted by Crippen LogP contribution is 2.09. The van der Waals surface area contributed by atoms with Gasteiger partial charge in [0.05, 0.1) is 6.04 Å². The number of carbonyl (C=O) groups excluding carboxylic acids is 1. The molecule has 5 nitrogen and oxygen atoms in total. The summed E-state index contributed by atoms with van der Waals surface area (Å²) >= 11 is 0. The molecule has 0 rings (SSSR count). The summed E-state index contributed by atoms with van der Waals surface area (Å²) in [6, 6.07) is -0.111. The summed E-state index contributed by atoms with van der Waals surface area (Å²) in [5.41, 5.74) is 5.61. The van der Waals surface area contributed by atoms with Crippen molar-refractivity contribution in [3.05, 3.63) is 24.3 Å². The largest absolute Gasteiger partial charge is 0.351 e. The van der Waals surface area contributed by atoms with Gasteiger partial charge in [0.2, 0.25) is 5.91 Å². The van der Waals surface area contributed by atoms with Gasteiger partial charge in [-0.3, -0.25) is 9.63 Å². The van der Waals surface area contributed by atoms with Crippen molar-refractivity contribution in [2.45, 2.75) is 109 Å². The Morgan fingerprint density at radius 3 is 2.11 bits per heavy atom. The molecule has 5 heteroatoms. The molecule has 2 unspecified atom stereocenters. The predicted octanol–water partition coefficient (Wildman–Crippen LogP) is 4.91. The lowest BCUT2D eigenvalue weighted by atomic mass is 10.1. The maximum atomic E-state index is 12.0. The number of rotatable bonds is 19. The monoisotopic (exact) mass is 395 g/mol. The van der Waals surface area contributed by atoms with E-state index in [1.807, 2.05) is 6.92 Å². The Hall–Kier alpha value is -1.17. The molecule has 0 fully saturated rings. The van der Waals surface area contributed by atoms with E-state index in [0.29, 0.717) is 13.0 Å². The van der Waals surface area contributed by atoms with Crippen molar-refractivity contribution < 1.29 is 9.63 Å². The Bertz CT molecular complexity index is 407. The second kappa shape index (κ2) is 20.6. The topological polar surface area (TPSA) is 90.4 Å². The fourth-order valence-electron chi connectivity index (χ4n) is 3.15. The highest BCUT2D eigenvalue weighted by molar-refractivity contribution is 5.76. The molecule has 5 N–H and O–H groups in total. The molecule has 0 aromatic rings. The highest BCUT2D eigenvalue weighted by atomic mass is 16.6. The average Bonchev–Trinajstić information content (AvgIpc) is 2.70. The Morgan fingerprint density at radius 2 is 1.54 bits per heavy atom. The first kappa shape index (κ1) is 26.8. The van der Waals surface area contributed by atoms with Gasteiger partial charge in [0.15, 0.2) is 0 Å². The lowest BCUT2D eigenvalue weighted by Gasteiger charge is -2.24. The van der Waals surface area contributed by atoms with E-state index in [-0.39, 0.29) is 18.1 Å². The van der Waals surface area contributed by atoms with Gasteiger partial charge in [0, 0.05) is 13.0 Å². The smallest absolute Gasteiger partial charge is 0.220 e. The number of nitrogens with one attached hydrogen (secondary N) is 1. The maximum Gasteiger partial charge on any atom is 0.220 e. The third-order valence-electron chi connectivity index (χ3n) is 5.00. The van der Waals surface area contributed by atoms with Crippen LogP contribution in [0.4, 0.5) is 0 Å². The molecular formula is C23H45N3O2. The molecule has 0 aliphatic carbocycles. The SMILES string of the molecule is CCCCC/C=C\C/C=C\CCCCCCCC(=O)NC(CC)C(CN)ON. The van der Waals surface area contributed by atoms with Crippen LogP contribution in [0.3, 0.4) is 0 Å². The van der Waals surface area contributed by atoms with Crippen LogP contribution in [0.2, 0.25) is 0 Å². The molecule has 0 saturated carbocycles. The zero-order valence-corrected chi connectivity index (χ0v) is 18.3. The normalized spacial score (nSPS) is 14.0. The van der Waals surface area contributed by atoms with Gasteiger partial charge >= 0.3 is 0 Å². The summed E-state index contributed by atoms with van der Waals surface area (Å²) < 4.78 is 0. The average molecular weight is 396 g/mol. The minimum atomic E-state index is -0.321. The molecule has 0 spiro atoms. The number of nitrogens with two attached hydrogens (primary N) is 2. The number of hydrogen-bond donors (Lipinski definition) is 3. The van der Waals surface area contributed by atoms with Crippen molar-refractivity contribution >= 4 is 5.91 Å². The Balaban J connectivity index is 3.56. The third-order valence-corrected chi connectivity index (χ3v) is 5.00. The van der Waals surface area contributed by atoms with Crippen LogP contribution in [0.5, 0.6) is 0 Å². The van der Waals surface area contributed by atoms with Crippen molar-refractivity contribution in [1.29, 1.82) is 0 Å². The van der Waals surface area contributed by atoms with E-state index >= 15 is 0 Å². The zero-order valence-electron chi connectivity index (χ0n) is 18.3. The fraction of sp³-hybridized carbons (Fsp3) is 0.783. The van der Waals surface area contributed by atoms with Gasteiger partial charge in [-0.15, -0.1) is 0 Å². The molecule has 2 atom stereocenters. The molecule has 0 aromatic carbocycles. The summed E-state index contributed by atoms with van der Waals surface area (Å²) in [7, 11) is 0. The first-order valence-electron chi connectivity index (χ1n) is 11.3. The van der Waals surface area contributed by atoms with Crippen LogP contribution in [-0.4, -0.2) is 24.6 Å². The van der Waals surface area contributed by atoms with Crippen LogP contribution in [0, 0.1) is 0 Å². The lowest BCUT2D eigenvalue weighted by Crippen LogP contribution is -2.48. The molecule has 28 heavy (non-hydrogen) atoms. The molecule has 0 aromatic heterocycles. The van der Waals surface area contributed by atoms with Crippen LogP contribution in [0.1, 0.15) is 97.3 Å². The number of unbranched alkanes of at least 4 members (excludes halogenated alkanes) is 8. The van der Waals surface area contributed by atoms with Crippen LogP contribution in [0.15, 0.2) is 24.3 Å². The lowest BCUT2D eigenvalue weighted by molar-refractivity contribution is -0.123. The Labute approximate surface area is 173 Å². The van der Waals surface area contributed by atoms with Gasteiger partial charge in [-0.2, -0.15) is 0 Å². The predicted molar refractivity (Wildman–Crippen MR) is 120 cm³/mol. The second-order valence-electron chi connectivity index (χ2n) is 7.47. The zero-order chi connectivity index (χ0) is 20.9. The summed E-state index contributed by atoms with van der Waals surface area (Å²) in [6.07, 6.45) is 23.2. The van der Waals surface area contributed by atoms with Gasteiger partial charge in [-0.05, 0) is 44.9 Å². The highest BCUT2D eigenvalue weighted by Gasteiger charge is 2.20. The quantitative estimate of drug-likeness (QED) is 0.165. The summed E-state index contributed by atoms with van der Waals surface area (Å²) in [5, 5.41) is 2.98. The van der Waals surface area contributed by atoms with Crippen LogP contribution >= 0.6 is 0 Å². The van der Waals surface area contributed by atoms with E-state index in [1.54, 1.807) is 0 Å². The van der Waals surface area contributed by atoms with Gasteiger partial charge in [0.25, 0.3) is 0 Å². The Kier molecular flexibility index (Phi) is 19.7. The van der Waals surface area contributed by atoms with Crippen molar-refractivity contribution in [2.24, 2.45) is 11.6 Å². The molecule has 0 radical (unpaired) electrons. The first-order chi connectivity index (χ1) is 13.7. The van der Waals surface area contributed by atoms with E-state index in [2.05, 4.69) is 36.5 Å². The number of carbonyl (C=O) groups is 1. The second-order valence-corrected chi connectivity index (χ2v) is 7.47. The molecule has 0 heterocycles. The standard InChI is InChI=1S/C23H45N3O2/c1-3-5-6-7-8-9-10-11-12-13-14-15-16-17-18-19-23(27)26-21(4-2)22(20-24)28-25/h8-9,11-12,21-22H,3-7,10,13-20,24-25H2,1-2H3,(H,26,27)/b9-8-,12-11-. The summed E-state index contributed by atoms with van der Waals surface area (Å²) in [4.78, 5) is 16.9. The van der Waals surface area contributed by atoms with E-state index in [1.165, 1.54) is 44.9 Å². The van der Waals surface area contributed by atoms with Gasteiger partial charge in [-0.1, -0.05) is 70.3 Å². The molecule has 164 valence electrons. The van der Waals surface area contributed by atoms with Gasteiger partial charge in [-0.25, -0.2) is 5.90 Å². The van der Waals surface area contributed by atoms with Gasteiger partial charge in [0.1, 0.15) is 6.10 Å². The summed E-state index contributed by atoms with van der Waals surface area (Å²) in [5.74, 6) is 5.29. The number of allylic oxidation sites excluding steroid dienone is 4. The van der Waals surface area contributed by atoms with Crippen molar-refractivity contribution in [3.63, 3.8) is 0 Å². The molecule has 0 aliphatic heterocycles.